The van der Waals surface area contributed by atoms with Gasteiger partial charge in [0.25, 0.3) is 0 Å². The Labute approximate surface area is 184 Å². The summed E-state index contributed by atoms with van der Waals surface area (Å²) in [5, 5.41) is 6.98. The highest BCUT2D eigenvalue weighted by molar-refractivity contribution is 7.80. The van der Waals surface area contributed by atoms with Crippen molar-refractivity contribution >= 4 is 34.7 Å². The van der Waals surface area contributed by atoms with Crippen LogP contribution in [-0.4, -0.2) is 30.8 Å². The van der Waals surface area contributed by atoms with E-state index in [-0.39, 0.29) is 12.0 Å². The summed E-state index contributed by atoms with van der Waals surface area (Å²) in [6, 6.07) is 15.9. The van der Waals surface area contributed by atoms with E-state index in [0.29, 0.717) is 17.3 Å². The molecule has 5 nitrogen and oxygen atoms in total. The molecule has 160 valence electrons. The molecule has 0 unspecified atom stereocenters. The third-order valence-electron chi connectivity index (χ3n) is 5.39. The summed E-state index contributed by atoms with van der Waals surface area (Å²) in [7, 11) is 0. The molecule has 0 amide bonds. The van der Waals surface area contributed by atoms with Crippen molar-refractivity contribution in [2.24, 2.45) is 5.92 Å². The minimum atomic E-state index is -0.336. The van der Waals surface area contributed by atoms with Crippen molar-refractivity contribution in [2.45, 2.75) is 39.7 Å². The maximum absolute atomic E-state index is 11.9. The molecule has 2 aromatic rings. The fourth-order valence-corrected chi connectivity index (χ4v) is 4.08. The Bertz CT molecular complexity index is 869. The first-order valence-corrected chi connectivity index (χ1v) is 11.1. The lowest BCUT2D eigenvalue weighted by Gasteiger charge is -2.33. The molecular weight excluding hydrogens is 394 g/mol. The van der Waals surface area contributed by atoms with Crippen molar-refractivity contribution < 1.29 is 9.53 Å². The second-order valence-corrected chi connectivity index (χ2v) is 8.31. The molecule has 1 heterocycles. The molecule has 1 saturated heterocycles. The van der Waals surface area contributed by atoms with Gasteiger partial charge in [0.2, 0.25) is 0 Å². The summed E-state index contributed by atoms with van der Waals surface area (Å²) in [5.74, 6) is 0.418. The minimum absolute atomic E-state index is 0.0626. The summed E-state index contributed by atoms with van der Waals surface area (Å²) in [4.78, 5) is 14.4. The molecule has 6 heteroatoms. The summed E-state index contributed by atoms with van der Waals surface area (Å²) >= 11 is 5.47. The van der Waals surface area contributed by atoms with Crippen LogP contribution in [0.3, 0.4) is 0 Å². The summed E-state index contributed by atoms with van der Waals surface area (Å²) in [6.45, 7) is 8.82. The zero-order chi connectivity index (χ0) is 21.5. The van der Waals surface area contributed by atoms with Crippen molar-refractivity contribution in [3.63, 3.8) is 0 Å². The number of carbonyl (C=O) groups excluding carboxylic acids is 1. The Kier molecular flexibility index (Phi) is 7.69. The van der Waals surface area contributed by atoms with Gasteiger partial charge in [-0.2, -0.15) is 0 Å². The molecule has 0 saturated carbocycles. The highest BCUT2D eigenvalue weighted by atomic mass is 32.1. The molecule has 2 N–H and O–H groups in total. The predicted octanol–water partition coefficient (Wildman–Crippen LogP) is 5.15. The number of nitrogens with zero attached hydrogens (tertiary/aromatic N) is 1. The van der Waals surface area contributed by atoms with Gasteiger partial charge >= 0.3 is 5.97 Å². The molecule has 0 aliphatic carbocycles. The van der Waals surface area contributed by atoms with Gasteiger partial charge in [0, 0.05) is 24.5 Å². The van der Waals surface area contributed by atoms with Gasteiger partial charge in [-0.3, -0.25) is 0 Å². The first-order chi connectivity index (χ1) is 14.5. The van der Waals surface area contributed by atoms with E-state index in [0.717, 1.165) is 24.7 Å². The van der Waals surface area contributed by atoms with Gasteiger partial charge in [0.05, 0.1) is 18.2 Å². The van der Waals surface area contributed by atoms with Crippen molar-refractivity contribution in [3.8, 4) is 0 Å². The van der Waals surface area contributed by atoms with Crippen LogP contribution in [0.5, 0.6) is 0 Å². The van der Waals surface area contributed by atoms with E-state index in [1.165, 1.54) is 24.1 Å². The molecule has 1 aliphatic heterocycles. The standard InChI is InChI=1S/C24H31N3O2S/c1-4-29-23(28)20-8-5-9-21(15-20)26-24(30)25-18(3)19-10-12-22(13-11-19)27-14-6-7-17(2)16-27/h5,8-13,15,17-18H,4,6-7,14,16H2,1-3H3,(H2,25,26,30)/t17-,18-/m1/s1. The smallest absolute Gasteiger partial charge is 0.338 e. The van der Waals surface area contributed by atoms with E-state index < -0.39 is 0 Å². The van der Waals surface area contributed by atoms with Crippen molar-refractivity contribution in [3.05, 3.63) is 59.7 Å². The van der Waals surface area contributed by atoms with Crippen LogP contribution in [0.25, 0.3) is 0 Å². The molecule has 2 atom stereocenters. The molecule has 0 spiro atoms. The van der Waals surface area contributed by atoms with Crippen LogP contribution in [0.1, 0.15) is 55.6 Å². The zero-order valence-electron chi connectivity index (χ0n) is 18.0. The molecule has 0 bridgehead atoms. The van der Waals surface area contributed by atoms with Gasteiger partial charge in [0.1, 0.15) is 0 Å². The number of anilines is 2. The van der Waals surface area contributed by atoms with Crippen LogP contribution >= 0.6 is 12.2 Å². The molecule has 2 aromatic carbocycles. The minimum Gasteiger partial charge on any atom is -0.462 e. The lowest BCUT2D eigenvalue weighted by atomic mass is 9.99. The number of ether oxygens (including phenoxy) is 1. The Hall–Kier alpha value is -2.60. The van der Waals surface area contributed by atoms with Crippen molar-refractivity contribution in [2.75, 3.05) is 29.9 Å². The monoisotopic (exact) mass is 425 g/mol. The Morgan fingerprint density at radius 1 is 1.27 bits per heavy atom. The Morgan fingerprint density at radius 3 is 2.73 bits per heavy atom. The van der Waals surface area contributed by atoms with E-state index in [1.807, 2.05) is 6.07 Å². The van der Waals surface area contributed by atoms with Gasteiger partial charge in [0.15, 0.2) is 5.11 Å². The number of thiocarbonyl (C=S) groups is 1. The molecule has 3 rings (SSSR count). The number of esters is 1. The average molecular weight is 426 g/mol. The predicted molar refractivity (Wildman–Crippen MR) is 127 cm³/mol. The summed E-state index contributed by atoms with van der Waals surface area (Å²) in [5.41, 5.74) is 3.71. The van der Waals surface area contributed by atoms with Gasteiger partial charge in [-0.1, -0.05) is 25.1 Å². The molecule has 1 aliphatic rings. The van der Waals surface area contributed by atoms with Crippen LogP contribution in [0.2, 0.25) is 0 Å². The van der Waals surface area contributed by atoms with E-state index in [1.54, 1.807) is 25.1 Å². The van der Waals surface area contributed by atoms with Gasteiger partial charge in [-0.15, -0.1) is 0 Å². The van der Waals surface area contributed by atoms with Crippen LogP contribution in [0.4, 0.5) is 11.4 Å². The number of carbonyl (C=O) groups is 1. The second-order valence-electron chi connectivity index (χ2n) is 7.91. The SMILES string of the molecule is CCOC(=O)c1cccc(NC(=S)N[C@H](C)c2ccc(N3CCC[C@@H](C)C3)cc2)c1. The van der Waals surface area contributed by atoms with E-state index in [4.69, 9.17) is 17.0 Å². The van der Waals surface area contributed by atoms with Crippen LogP contribution in [-0.2, 0) is 4.74 Å². The molecular formula is C24H31N3O2S. The van der Waals surface area contributed by atoms with Gasteiger partial charge in [-0.25, -0.2) is 4.79 Å². The largest absolute Gasteiger partial charge is 0.462 e. The molecule has 0 aromatic heterocycles. The quantitative estimate of drug-likeness (QED) is 0.493. The van der Waals surface area contributed by atoms with Gasteiger partial charge in [-0.05, 0) is 80.7 Å². The van der Waals surface area contributed by atoms with Crippen molar-refractivity contribution in [1.82, 2.24) is 5.32 Å². The topological polar surface area (TPSA) is 53.6 Å². The lowest BCUT2D eigenvalue weighted by molar-refractivity contribution is 0.0526. The fraction of sp³-hybridized carbons (Fsp3) is 0.417. The van der Waals surface area contributed by atoms with Crippen LogP contribution in [0.15, 0.2) is 48.5 Å². The normalized spacial score (nSPS) is 17.2. The lowest BCUT2D eigenvalue weighted by Crippen LogP contribution is -2.34. The third kappa shape index (κ3) is 5.95. The average Bonchev–Trinajstić information content (AvgIpc) is 2.74. The molecule has 1 fully saturated rings. The maximum Gasteiger partial charge on any atom is 0.338 e. The van der Waals surface area contributed by atoms with Gasteiger partial charge < -0.3 is 20.3 Å². The van der Waals surface area contributed by atoms with E-state index in [9.17, 15) is 4.79 Å². The first kappa shape index (κ1) is 22.1. The zero-order valence-corrected chi connectivity index (χ0v) is 18.8. The van der Waals surface area contributed by atoms with E-state index in [2.05, 4.69) is 53.6 Å². The van der Waals surface area contributed by atoms with Crippen molar-refractivity contribution in [1.29, 1.82) is 0 Å². The van der Waals surface area contributed by atoms with E-state index >= 15 is 0 Å². The number of benzene rings is 2. The number of rotatable bonds is 6. The van der Waals surface area contributed by atoms with Crippen LogP contribution < -0.4 is 15.5 Å². The number of nitrogens with one attached hydrogen (secondary N) is 2. The maximum atomic E-state index is 11.9. The highest BCUT2D eigenvalue weighted by Crippen LogP contribution is 2.24. The number of hydrogen-bond donors (Lipinski definition) is 2. The third-order valence-corrected chi connectivity index (χ3v) is 5.61. The Morgan fingerprint density at radius 2 is 2.03 bits per heavy atom. The highest BCUT2D eigenvalue weighted by Gasteiger charge is 2.17. The Balaban J connectivity index is 1.56. The summed E-state index contributed by atoms with van der Waals surface area (Å²) < 4.78 is 5.05. The number of hydrogen-bond acceptors (Lipinski definition) is 4. The van der Waals surface area contributed by atoms with Crippen LogP contribution in [0, 0.1) is 5.92 Å². The summed E-state index contributed by atoms with van der Waals surface area (Å²) in [6.07, 6.45) is 2.58. The second kappa shape index (κ2) is 10.4. The first-order valence-electron chi connectivity index (χ1n) is 10.7. The molecule has 0 radical (unpaired) electrons. The molecule has 30 heavy (non-hydrogen) atoms. The fourth-order valence-electron chi connectivity index (χ4n) is 3.78. The number of piperidine rings is 1.